The molecule has 42 heavy (non-hydrogen) atoms. The zero-order chi connectivity index (χ0) is 31.8. The first kappa shape index (κ1) is 33.2. The second-order valence-corrected chi connectivity index (χ2v) is 13.9. The fraction of sp³-hybridized carbons (Fsp3) is 0.514. The van der Waals surface area contributed by atoms with Gasteiger partial charge in [-0.3, -0.25) is 9.59 Å². The highest BCUT2D eigenvalue weighted by Crippen LogP contribution is 2.76. The van der Waals surface area contributed by atoms with Crippen molar-refractivity contribution in [2.45, 2.75) is 93.9 Å². The molecule has 0 aliphatic heterocycles. The molecule has 1 unspecified atom stereocenters. The highest BCUT2D eigenvalue weighted by atomic mass is 16.3. The lowest BCUT2D eigenvalue weighted by molar-refractivity contribution is -0.136. The maximum Gasteiger partial charge on any atom is 0.200 e. The van der Waals surface area contributed by atoms with E-state index in [0.717, 1.165) is 42.0 Å². The van der Waals surface area contributed by atoms with Gasteiger partial charge in [-0.05, 0) is 116 Å². The Balaban J connectivity index is 2.36. The van der Waals surface area contributed by atoms with Gasteiger partial charge in [-0.15, -0.1) is 6.58 Å². The summed E-state index contributed by atoms with van der Waals surface area (Å²) in [7, 11) is 0. The molecule has 1 aromatic rings. The Morgan fingerprint density at radius 3 is 2.14 bits per heavy atom. The highest BCUT2D eigenvalue weighted by molar-refractivity contribution is 6.30. The minimum Gasteiger partial charge on any atom is -0.511 e. The smallest absolute Gasteiger partial charge is 0.200 e. The van der Waals surface area contributed by atoms with E-state index in [-0.39, 0.29) is 40.3 Å². The van der Waals surface area contributed by atoms with Gasteiger partial charge in [0.05, 0.1) is 5.41 Å². The number of Topliss-reactive ketones (excluding diaryl/α,β-unsaturated/α-hetero) is 2. The zero-order valence-corrected chi connectivity index (χ0v) is 26.9. The first-order valence-electron chi connectivity index (χ1n) is 15.0. The third kappa shape index (κ3) is 5.55. The summed E-state index contributed by atoms with van der Waals surface area (Å²) in [5.41, 5.74) is 1.54. The van der Waals surface area contributed by atoms with Crippen LogP contribution in [0.1, 0.15) is 104 Å². The lowest BCUT2D eigenvalue weighted by atomic mass is 9.52. The number of hydrogen-bond donors (Lipinski definition) is 3. The molecule has 1 aromatic carbocycles. The number of allylic oxidation sites excluding steroid dienone is 8. The maximum atomic E-state index is 15.0. The lowest BCUT2D eigenvalue weighted by Crippen LogP contribution is -2.50. The van der Waals surface area contributed by atoms with E-state index >= 15 is 0 Å². The molecule has 3 rings (SSSR count). The zero-order valence-electron chi connectivity index (χ0n) is 26.9. The van der Waals surface area contributed by atoms with E-state index in [1.54, 1.807) is 0 Å². The van der Waals surface area contributed by atoms with Gasteiger partial charge in [0, 0.05) is 11.0 Å². The van der Waals surface area contributed by atoms with E-state index in [1.165, 1.54) is 17.7 Å². The number of phenolic OH excluding ortho intramolecular Hbond substituents is 2. The quantitative estimate of drug-likeness (QED) is 0.100. The van der Waals surface area contributed by atoms with Crippen LogP contribution < -0.4 is 0 Å². The molecule has 2 aliphatic rings. The van der Waals surface area contributed by atoms with E-state index in [2.05, 4.69) is 53.0 Å². The van der Waals surface area contributed by atoms with Crippen molar-refractivity contribution in [1.29, 1.82) is 0 Å². The molecule has 5 nitrogen and oxygen atoms in total. The van der Waals surface area contributed by atoms with E-state index in [1.807, 2.05) is 27.7 Å². The molecule has 1 fully saturated rings. The number of phenols is 2. The minimum absolute atomic E-state index is 0.00732. The van der Waals surface area contributed by atoms with Crippen molar-refractivity contribution in [1.82, 2.24) is 0 Å². The van der Waals surface area contributed by atoms with Crippen LogP contribution in [0.25, 0.3) is 0 Å². The topological polar surface area (TPSA) is 94.8 Å². The summed E-state index contributed by atoms with van der Waals surface area (Å²) >= 11 is 0. The van der Waals surface area contributed by atoms with Crippen molar-refractivity contribution in [2.75, 3.05) is 0 Å². The molecule has 2 aliphatic carbocycles. The molecule has 228 valence electrons. The number of benzene rings is 1. The molecule has 5 heteroatoms. The first-order valence-corrected chi connectivity index (χ1v) is 15.0. The maximum absolute atomic E-state index is 15.0. The summed E-state index contributed by atoms with van der Waals surface area (Å²) in [6.07, 6.45) is 8.11. The van der Waals surface area contributed by atoms with Crippen LogP contribution in [0.4, 0.5) is 0 Å². The van der Waals surface area contributed by atoms with Gasteiger partial charge in [-0.1, -0.05) is 54.9 Å². The predicted molar refractivity (Wildman–Crippen MR) is 171 cm³/mol. The fourth-order valence-corrected chi connectivity index (χ4v) is 7.59. The van der Waals surface area contributed by atoms with Crippen LogP contribution >= 0.6 is 0 Å². The summed E-state index contributed by atoms with van der Waals surface area (Å²) in [5, 5.41) is 32.3. The van der Waals surface area contributed by atoms with Crippen LogP contribution in [-0.2, 0) is 4.79 Å². The fourth-order valence-electron chi connectivity index (χ4n) is 7.59. The second-order valence-electron chi connectivity index (χ2n) is 13.9. The van der Waals surface area contributed by atoms with Crippen molar-refractivity contribution in [3.8, 4) is 11.5 Å². The number of carbonyl (C=O) groups excluding carboxylic acids is 2. The van der Waals surface area contributed by atoms with Gasteiger partial charge in [-0.25, -0.2) is 0 Å². The summed E-state index contributed by atoms with van der Waals surface area (Å²) in [6, 6.07) is 3.76. The van der Waals surface area contributed by atoms with Crippen molar-refractivity contribution in [2.24, 2.45) is 28.1 Å². The average Bonchev–Trinajstić information content (AvgIpc) is 3.19. The highest BCUT2D eigenvalue weighted by Gasteiger charge is 2.76. The number of ketones is 2. The number of hydrogen-bond acceptors (Lipinski definition) is 5. The van der Waals surface area contributed by atoms with Gasteiger partial charge >= 0.3 is 0 Å². The van der Waals surface area contributed by atoms with Crippen molar-refractivity contribution in [3.63, 3.8) is 0 Å². The van der Waals surface area contributed by atoms with Crippen molar-refractivity contribution >= 4 is 11.6 Å². The molecule has 0 saturated heterocycles. The molecular formula is C37H50O5. The van der Waals surface area contributed by atoms with Crippen molar-refractivity contribution in [3.05, 3.63) is 82.7 Å². The summed E-state index contributed by atoms with van der Waals surface area (Å²) in [4.78, 5) is 29.0. The monoisotopic (exact) mass is 574 g/mol. The SMILES string of the molecule is C=C(C)CC[C@H](CC12C[C@H](CC=C(C)C)C(C)(C)[C@]1(CC=C(C)C)C(=O)C(C(=O)c1ccc(O)c(O)c1)=C2O)C(=C)C. The normalized spacial score (nSPS) is 25.1. The summed E-state index contributed by atoms with van der Waals surface area (Å²) < 4.78 is 0. The van der Waals surface area contributed by atoms with Gasteiger partial charge in [0.15, 0.2) is 23.1 Å². The molecule has 0 radical (unpaired) electrons. The van der Waals surface area contributed by atoms with Crippen LogP contribution in [0.15, 0.2) is 77.1 Å². The summed E-state index contributed by atoms with van der Waals surface area (Å²) in [5.74, 6) is -1.82. The van der Waals surface area contributed by atoms with Gasteiger partial charge in [-0.2, -0.15) is 0 Å². The Morgan fingerprint density at radius 1 is 1.00 bits per heavy atom. The molecule has 4 atom stereocenters. The van der Waals surface area contributed by atoms with Crippen molar-refractivity contribution < 1.29 is 24.9 Å². The largest absolute Gasteiger partial charge is 0.511 e. The standard InChI is InChI=1S/C37H50O5/c1-22(2)11-13-27(25(7)8)20-36-21-28(15-12-23(3)4)35(9,10)37(36,18-17-24(5)6)34(42)31(33(36)41)32(40)26-14-16-29(38)30(39)19-26/h12,14,16-17,19,27-28,38-39,41H,1,7,11,13,15,18,20-21H2,2-6,8-10H3/t27-,28+,36?,37+/m1/s1. The Bertz CT molecular complexity index is 1380. The molecule has 1 saturated carbocycles. The average molecular weight is 575 g/mol. The van der Waals surface area contributed by atoms with Crippen LogP contribution in [0, 0.1) is 28.1 Å². The molecule has 0 heterocycles. The van der Waals surface area contributed by atoms with E-state index in [0.29, 0.717) is 19.3 Å². The molecule has 0 amide bonds. The van der Waals surface area contributed by atoms with Gasteiger partial charge < -0.3 is 15.3 Å². The Labute approximate surface area is 252 Å². The van der Waals surface area contributed by atoms with Crippen LogP contribution in [0.2, 0.25) is 0 Å². The molecule has 0 bridgehead atoms. The van der Waals surface area contributed by atoms with Crippen LogP contribution in [0.5, 0.6) is 11.5 Å². The van der Waals surface area contributed by atoms with E-state index < -0.39 is 27.8 Å². The summed E-state index contributed by atoms with van der Waals surface area (Å²) in [6.45, 7) is 24.8. The second kappa shape index (κ2) is 12.1. The Hall–Kier alpha value is -3.34. The van der Waals surface area contributed by atoms with Crippen LogP contribution in [0.3, 0.4) is 0 Å². The predicted octanol–water partition coefficient (Wildman–Crippen LogP) is 9.35. The number of fused-ring (bicyclic) bond motifs is 1. The van der Waals surface area contributed by atoms with Gasteiger partial charge in [0.1, 0.15) is 11.3 Å². The minimum atomic E-state index is -1.07. The third-order valence-electron chi connectivity index (χ3n) is 10.1. The Morgan fingerprint density at radius 2 is 1.62 bits per heavy atom. The van der Waals surface area contributed by atoms with E-state index in [4.69, 9.17) is 0 Å². The number of aliphatic hydroxyl groups is 1. The number of carbonyl (C=O) groups is 2. The van der Waals surface area contributed by atoms with Gasteiger partial charge in [0.2, 0.25) is 0 Å². The molecule has 3 N–H and O–H groups in total. The third-order valence-corrected chi connectivity index (χ3v) is 10.1. The number of rotatable bonds is 12. The lowest BCUT2D eigenvalue weighted by Gasteiger charge is -2.48. The number of aromatic hydroxyl groups is 2. The Kier molecular flexibility index (Phi) is 9.56. The van der Waals surface area contributed by atoms with E-state index in [9.17, 15) is 24.9 Å². The van der Waals surface area contributed by atoms with Crippen LogP contribution in [-0.4, -0.2) is 26.9 Å². The first-order chi connectivity index (χ1) is 19.4. The molecule has 0 aromatic heterocycles. The molecule has 0 spiro atoms. The number of aliphatic hydroxyl groups excluding tert-OH is 1. The van der Waals surface area contributed by atoms with Gasteiger partial charge in [0.25, 0.3) is 0 Å². The molecular weight excluding hydrogens is 524 g/mol.